The minimum Gasteiger partial charge on any atom is -0.240 e. The van der Waals surface area contributed by atoms with Crippen LogP contribution in [0.5, 0.6) is 0 Å². The van der Waals surface area contributed by atoms with Crippen molar-refractivity contribution in [3.63, 3.8) is 0 Å². The number of nitrogens with zero attached hydrogens (tertiary/aromatic N) is 2. The Hall–Kier alpha value is -2.77. The summed E-state index contributed by atoms with van der Waals surface area (Å²) in [7, 11) is 0. The van der Waals surface area contributed by atoms with Crippen molar-refractivity contribution < 1.29 is 13.2 Å². The lowest BCUT2D eigenvalue weighted by Crippen LogP contribution is -2.05. The second kappa shape index (κ2) is 7.73. The van der Waals surface area contributed by atoms with E-state index in [-0.39, 0.29) is 5.25 Å². The lowest BCUT2D eigenvalue weighted by Gasteiger charge is -2.12. The predicted octanol–water partition coefficient (Wildman–Crippen LogP) is 8.11. The minimum atomic E-state index is -4.35. The molecule has 0 fully saturated rings. The van der Waals surface area contributed by atoms with Crippen LogP contribution >= 0.6 is 23.1 Å². The maximum atomic E-state index is 12.9. The molecule has 0 saturated carbocycles. The molecule has 0 radical (unpaired) electrons. The first kappa shape index (κ1) is 20.2. The normalized spacial score (nSPS) is 13.2. The van der Waals surface area contributed by atoms with Gasteiger partial charge in [0.05, 0.1) is 16.8 Å². The topological polar surface area (TPSA) is 17.8 Å². The third kappa shape index (κ3) is 3.95. The van der Waals surface area contributed by atoms with Crippen LogP contribution < -0.4 is 0 Å². The number of fused-ring (bicyclic) bond motifs is 2. The lowest BCUT2D eigenvalue weighted by atomic mass is 10.1. The molecular formula is C24H17F3N2S2. The second-order valence-electron chi connectivity index (χ2n) is 7.28. The molecule has 1 unspecified atom stereocenters. The number of alkyl halides is 3. The van der Waals surface area contributed by atoms with Gasteiger partial charge < -0.3 is 0 Å². The van der Waals surface area contributed by atoms with Crippen molar-refractivity contribution in [3.8, 4) is 5.69 Å². The molecule has 0 saturated heterocycles. The van der Waals surface area contributed by atoms with Crippen LogP contribution in [0, 0.1) is 0 Å². The van der Waals surface area contributed by atoms with Gasteiger partial charge in [-0.15, -0.1) is 23.1 Å². The van der Waals surface area contributed by atoms with Crippen LogP contribution in [0.25, 0.3) is 26.7 Å². The highest BCUT2D eigenvalue weighted by Crippen LogP contribution is 2.39. The van der Waals surface area contributed by atoms with Crippen LogP contribution in [0.15, 0.2) is 83.2 Å². The number of thioether (sulfide) groups is 1. The molecule has 156 valence electrons. The fourth-order valence-corrected chi connectivity index (χ4v) is 5.57. The Morgan fingerprint density at radius 2 is 1.77 bits per heavy atom. The van der Waals surface area contributed by atoms with Gasteiger partial charge in [0.2, 0.25) is 0 Å². The van der Waals surface area contributed by atoms with E-state index in [9.17, 15) is 13.2 Å². The van der Waals surface area contributed by atoms with E-state index in [2.05, 4.69) is 42.6 Å². The van der Waals surface area contributed by atoms with Crippen LogP contribution in [0.1, 0.15) is 23.3 Å². The summed E-state index contributed by atoms with van der Waals surface area (Å²) >= 11 is 3.50. The molecule has 2 heterocycles. The summed E-state index contributed by atoms with van der Waals surface area (Å²) in [6.07, 6.45) is -2.49. The smallest absolute Gasteiger partial charge is 0.240 e. The molecule has 5 aromatic rings. The van der Waals surface area contributed by atoms with E-state index in [1.165, 1.54) is 27.1 Å². The number of aromatic nitrogens is 2. The maximum Gasteiger partial charge on any atom is 0.416 e. The van der Waals surface area contributed by atoms with Gasteiger partial charge >= 0.3 is 6.18 Å². The average molecular weight is 455 g/mol. The number of hydrogen-bond acceptors (Lipinski definition) is 3. The number of benzene rings is 3. The standard InChI is InChI=1S/C24H17F3N2S2/c1-15(31-20-10-5-16-11-12-30-22(16)13-20)21-4-2-3-17-14-29(28-23(17)21)19-8-6-18(7-9-19)24(25,26)27/h2-15H,1H3. The maximum absolute atomic E-state index is 12.9. The fourth-order valence-electron chi connectivity index (χ4n) is 3.61. The SMILES string of the molecule is CC(Sc1ccc2ccsc2c1)c1cccc2cn(-c3ccc(C(F)(F)F)cc3)nc12. The first-order valence-electron chi connectivity index (χ1n) is 9.68. The number of hydrogen-bond donors (Lipinski definition) is 0. The molecule has 0 aliphatic rings. The quantitative estimate of drug-likeness (QED) is 0.255. The van der Waals surface area contributed by atoms with Gasteiger partial charge in [0.15, 0.2) is 0 Å². The van der Waals surface area contributed by atoms with Gasteiger partial charge in [-0.25, -0.2) is 4.68 Å². The summed E-state index contributed by atoms with van der Waals surface area (Å²) in [4.78, 5) is 1.20. The monoisotopic (exact) mass is 454 g/mol. The molecule has 0 N–H and O–H groups in total. The van der Waals surface area contributed by atoms with Gasteiger partial charge in [0, 0.05) is 26.4 Å². The number of halogens is 3. The Bertz CT molecular complexity index is 1370. The average Bonchev–Trinajstić information content (AvgIpc) is 3.39. The van der Waals surface area contributed by atoms with Crippen molar-refractivity contribution in [1.29, 1.82) is 0 Å². The van der Waals surface area contributed by atoms with E-state index in [1.54, 1.807) is 27.8 Å². The van der Waals surface area contributed by atoms with Crippen LogP contribution in [-0.2, 0) is 6.18 Å². The molecule has 2 nitrogen and oxygen atoms in total. The molecule has 31 heavy (non-hydrogen) atoms. The van der Waals surface area contributed by atoms with E-state index in [0.717, 1.165) is 28.6 Å². The Balaban J connectivity index is 1.46. The highest BCUT2D eigenvalue weighted by atomic mass is 32.2. The van der Waals surface area contributed by atoms with Gasteiger partial charge in [-0.2, -0.15) is 18.3 Å². The second-order valence-corrected chi connectivity index (χ2v) is 9.65. The van der Waals surface area contributed by atoms with Crippen LogP contribution in [0.4, 0.5) is 13.2 Å². The van der Waals surface area contributed by atoms with Crippen LogP contribution in [-0.4, -0.2) is 9.78 Å². The third-order valence-electron chi connectivity index (χ3n) is 5.21. The highest BCUT2D eigenvalue weighted by Gasteiger charge is 2.30. The number of rotatable bonds is 4. The van der Waals surface area contributed by atoms with E-state index in [4.69, 9.17) is 5.10 Å². The summed E-state index contributed by atoms with van der Waals surface area (Å²) < 4.78 is 41.5. The lowest BCUT2D eigenvalue weighted by molar-refractivity contribution is -0.137. The van der Waals surface area contributed by atoms with E-state index in [0.29, 0.717) is 5.69 Å². The third-order valence-corrected chi connectivity index (χ3v) is 7.22. The van der Waals surface area contributed by atoms with Gasteiger partial charge in [-0.05, 0) is 65.7 Å². The Kier molecular flexibility index (Phi) is 5.02. The van der Waals surface area contributed by atoms with Crippen LogP contribution in [0.3, 0.4) is 0 Å². The molecule has 0 aliphatic carbocycles. The Labute approximate surface area is 185 Å². The zero-order valence-electron chi connectivity index (χ0n) is 16.4. The van der Waals surface area contributed by atoms with Gasteiger partial charge in [0.1, 0.15) is 0 Å². The molecule has 5 rings (SSSR count). The van der Waals surface area contributed by atoms with E-state index >= 15 is 0 Å². The van der Waals surface area contributed by atoms with Crippen LogP contribution in [0.2, 0.25) is 0 Å². The van der Waals surface area contributed by atoms with Crippen molar-refractivity contribution in [2.24, 2.45) is 0 Å². The van der Waals surface area contributed by atoms with Crippen molar-refractivity contribution in [2.45, 2.75) is 23.2 Å². The molecule has 0 aliphatic heterocycles. The van der Waals surface area contributed by atoms with Crippen molar-refractivity contribution in [2.75, 3.05) is 0 Å². The molecule has 7 heteroatoms. The van der Waals surface area contributed by atoms with Crippen molar-refractivity contribution in [3.05, 3.63) is 89.4 Å². The zero-order chi connectivity index (χ0) is 21.6. The Morgan fingerprint density at radius 1 is 0.968 bits per heavy atom. The minimum absolute atomic E-state index is 0.164. The van der Waals surface area contributed by atoms with E-state index < -0.39 is 11.7 Å². The van der Waals surface area contributed by atoms with E-state index in [1.807, 2.05) is 18.3 Å². The Morgan fingerprint density at radius 3 is 2.55 bits per heavy atom. The number of thiophene rings is 1. The molecule has 3 aromatic carbocycles. The summed E-state index contributed by atoms with van der Waals surface area (Å²) in [5, 5.41) is 9.17. The first-order chi connectivity index (χ1) is 14.9. The molecule has 0 bridgehead atoms. The largest absolute Gasteiger partial charge is 0.416 e. The summed E-state index contributed by atoms with van der Waals surface area (Å²) in [6, 6.07) is 19.7. The predicted molar refractivity (Wildman–Crippen MR) is 122 cm³/mol. The summed E-state index contributed by atoms with van der Waals surface area (Å²) in [5.41, 5.74) is 1.89. The molecule has 2 aromatic heterocycles. The fraction of sp³-hybridized carbons (Fsp3) is 0.125. The van der Waals surface area contributed by atoms with Gasteiger partial charge in [-0.3, -0.25) is 0 Å². The summed E-state index contributed by atoms with van der Waals surface area (Å²) in [6.45, 7) is 2.15. The molecule has 0 spiro atoms. The van der Waals surface area contributed by atoms with Crippen molar-refractivity contribution >= 4 is 44.1 Å². The highest BCUT2D eigenvalue weighted by molar-refractivity contribution is 7.99. The summed E-state index contributed by atoms with van der Waals surface area (Å²) in [5.74, 6) is 0. The zero-order valence-corrected chi connectivity index (χ0v) is 18.1. The van der Waals surface area contributed by atoms with Gasteiger partial charge in [-0.1, -0.05) is 24.3 Å². The first-order valence-corrected chi connectivity index (χ1v) is 11.4. The molecule has 0 amide bonds. The molecule has 1 atom stereocenters. The van der Waals surface area contributed by atoms with Gasteiger partial charge in [0.25, 0.3) is 0 Å². The van der Waals surface area contributed by atoms with Crippen molar-refractivity contribution in [1.82, 2.24) is 9.78 Å². The molecular weight excluding hydrogens is 437 g/mol.